The molecule has 0 saturated carbocycles. The molecule has 2 saturated heterocycles. The Labute approximate surface area is 151 Å². The monoisotopic (exact) mass is 353 g/mol. The van der Waals surface area contributed by atoms with Gasteiger partial charge in [-0.25, -0.2) is 4.68 Å². The van der Waals surface area contributed by atoms with Crippen LogP contribution in [0.1, 0.15) is 0 Å². The van der Waals surface area contributed by atoms with Gasteiger partial charge in [0.1, 0.15) is 0 Å². The van der Waals surface area contributed by atoms with Crippen LogP contribution < -0.4 is 21.5 Å². The first-order valence-electron chi connectivity index (χ1n) is 9.02. The maximum Gasteiger partial charge on any atom is 0.266 e. The molecule has 2 aromatic rings. The lowest BCUT2D eigenvalue weighted by Gasteiger charge is -2.25. The van der Waals surface area contributed by atoms with Crippen LogP contribution >= 0.6 is 0 Å². The number of aromatic nitrogens is 2. The molecule has 0 bridgehead atoms. The highest BCUT2D eigenvalue weighted by Crippen LogP contribution is 2.34. The van der Waals surface area contributed by atoms with Gasteiger partial charge in [0.2, 0.25) is 5.91 Å². The number of nitrogens with zero attached hydrogens (tertiary/aromatic N) is 2. The van der Waals surface area contributed by atoms with Gasteiger partial charge in [0, 0.05) is 50.3 Å². The maximum atomic E-state index is 12.7. The van der Waals surface area contributed by atoms with Crippen LogP contribution in [-0.2, 0) is 11.3 Å². The van der Waals surface area contributed by atoms with Crippen LogP contribution in [0, 0.1) is 11.3 Å². The summed E-state index contributed by atoms with van der Waals surface area (Å²) in [5, 5.41) is 14.1. The van der Waals surface area contributed by atoms with E-state index in [1.807, 2.05) is 30.3 Å². The summed E-state index contributed by atoms with van der Waals surface area (Å²) in [5.74, 6) is 0.398. The number of rotatable bonds is 5. The van der Waals surface area contributed by atoms with Gasteiger partial charge in [0.15, 0.2) is 0 Å². The molecule has 4 rings (SSSR count). The molecule has 0 atom stereocenters. The molecule has 1 aromatic carbocycles. The van der Waals surface area contributed by atoms with Gasteiger partial charge < -0.3 is 16.0 Å². The lowest BCUT2D eigenvalue weighted by Crippen LogP contribution is -2.48. The van der Waals surface area contributed by atoms with Crippen molar-refractivity contribution in [3.63, 3.8) is 0 Å². The van der Waals surface area contributed by atoms with Crippen molar-refractivity contribution in [3.05, 3.63) is 52.8 Å². The second kappa shape index (κ2) is 7.01. The first-order valence-corrected chi connectivity index (χ1v) is 9.02. The van der Waals surface area contributed by atoms with E-state index in [2.05, 4.69) is 21.0 Å². The van der Waals surface area contributed by atoms with Crippen molar-refractivity contribution in [3.8, 4) is 11.3 Å². The Morgan fingerprint density at radius 1 is 1.15 bits per heavy atom. The van der Waals surface area contributed by atoms with Crippen LogP contribution in [0.4, 0.5) is 0 Å². The summed E-state index contributed by atoms with van der Waals surface area (Å²) in [5.41, 5.74) is 1.18. The van der Waals surface area contributed by atoms with Crippen molar-refractivity contribution in [1.29, 1.82) is 0 Å². The molecule has 2 aliphatic rings. The van der Waals surface area contributed by atoms with Gasteiger partial charge in [-0.2, -0.15) is 5.10 Å². The zero-order valence-electron chi connectivity index (χ0n) is 14.6. The standard InChI is InChI=1S/C19H23N5O2/c25-17-7-6-16(14-4-2-1-3-5-14)23-24(17)9-8-22-18(26)19-12-20-10-15(19)11-21-13-19/h1-7,15,20-21H,8-13H2,(H,22,26). The van der Waals surface area contributed by atoms with Crippen LogP contribution in [0.5, 0.6) is 0 Å². The number of benzene rings is 1. The van der Waals surface area contributed by atoms with Gasteiger partial charge in [0.05, 0.1) is 17.7 Å². The van der Waals surface area contributed by atoms with Crippen LogP contribution in [0.2, 0.25) is 0 Å². The topological polar surface area (TPSA) is 88.0 Å². The fraction of sp³-hybridized carbons (Fsp3) is 0.421. The van der Waals surface area contributed by atoms with Crippen molar-refractivity contribution in [2.45, 2.75) is 6.54 Å². The Bertz CT molecular complexity index is 839. The Hall–Kier alpha value is -2.51. The lowest BCUT2D eigenvalue weighted by molar-refractivity contribution is -0.130. The molecule has 136 valence electrons. The third kappa shape index (κ3) is 3.04. The molecule has 26 heavy (non-hydrogen) atoms. The Balaban J connectivity index is 1.42. The molecule has 0 spiro atoms. The lowest BCUT2D eigenvalue weighted by atomic mass is 9.80. The minimum atomic E-state index is -0.357. The van der Waals surface area contributed by atoms with E-state index in [0.717, 1.165) is 24.3 Å². The third-order valence-corrected chi connectivity index (χ3v) is 5.44. The SMILES string of the molecule is O=C(NCCn1nc(-c2ccccc2)ccc1=O)C12CNCC1CNC2. The fourth-order valence-corrected chi connectivity index (χ4v) is 3.92. The number of amides is 1. The highest BCUT2D eigenvalue weighted by molar-refractivity contribution is 5.84. The molecule has 2 aliphatic heterocycles. The van der Waals surface area contributed by atoms with E-state index in [9.17, 15) is 9.59 Å². The molecule has 0 unspecified atom stereocenters. The average molecular weight is 353 g/mol. The number of hydrogen-bond acceptors (Lipinski definition) is 5. The number of hydrogen-bond donors (Lipinski definition) is 3. The van der Waals surface area contributed by atoms with E-state index >= 15 is 0 Å². The molecule has 0 aliphatic carbocycles. The molecule has 2 fully saturated rings. The zero-order chi connectivity index (χ0) is 18.0. The third-order valence-electron chi connectivity index (χ3n) is 5.44. The maximum absolute atomic E-state index is 12.7. The first-order chi connectivity index (χ1) is 12.7. The molecule has 3 heterocycles. The van der Waals surface area contributed by atoms with Crippen LogP contribution in [0.3, 0.4) is 0 Å². The quantitative estimate of drug-likeness (QED) is 0.695. The van der Waals surface area contributed by atoms with E-state index < -0.39 is 0 Å². The van der Waals surface area contributed by atoms with E-state index in [1.54, 1.807) is 6.07 Å². The summed E-state index contributed by atoms with van der Waals surface area (Å²) in [6.45, 7) is 3.91. The van der Waals surface area contributed by atoms with Gasteiger partial charge in [-0.1, -0.05) is 30.3 Å². The van der Waals surface area contributed by atoms with Crippen molar-refractivity contribution in [2.75, 3.05) is 32.7 Å². The fourth-order valence-electron chi connectivity index (χ4n) is 3.92. The smallest absolute Gasteiger partial charge is 0.266 e. The van der Waals surface area contributed by atoms with Crippen LogP contribution in [0.25, 0.3) is 11.3 Å². The van der Waals surface area contributed by atoms with Gasteiger partial charge in [-0.05, 0) is 6.07 Å². The second-order valence-corrected chi connectivity index (χ2v) is 7.02. The van der Waals surface area contributed by atoms with Crippen LogP contribution in [0.15, 0.2) is 47.3 Å². The van der Waals surface area contributed by atoms with E-state index in [-0.39, 0.29) is 16.9 Å². The van der Waals surface area contributed by atoms with Crippen molar-refractivity contribution < 1.29 is 4.79 Å². The summed E-state index contributed by atoms with van der Waals surface area (Å²) < 4.78 is 1.41. The summed E-state index contributed by atoms with van der Waals surface area (Å²) in [6.07, 6.45) is 0. The van der Waals surface area contributed by atoms with E-state index in [0.29, 0.717) is 32.1 Å². The minimum absolute atomic E-state index is 0.0600. The first kappa shape index (κ1) is 16.9. The molecule has 0 radical (unpaired) electrons. The number of carbonyl (C=O) groups is 1. The number of fused-ring (bicyclic) bond motifs is 1. The van der Waals surface area contributed by atoms with Gasteiger partial charge >= 0.3 is 0 Å². The summed E-state index contributed by atoms with van der Waals surface area (Å²) in [7, 11) is 0. The number of carbonyl (C=O) groups excluding carboxylic acids is 1. The van der Waals surface area contributed by atoms with Crippen molar-refractivity contribution in [1.82, 2.24) is 25.7 Å². The van der Waals surface area contributed by atoms with E-state index in [1.165, 1.54) is 10.7 Å². The molecule has 3 N–H and O–H groups in total. The zero-order valence-corrected chi connectivity index (χ0v) is 14.6. The molecule has 1 aromatic heterocycles. The molecular formula is C19H23N5O2. The Morgan fingerprint density at radius 3 is 2.62 bits per heavy atom. The summed E-state index contributed by atoms with van der Waals surface area (Å²) in [6, 6.07) is 13.0. The van der Waals surface area contributed by atoms with Crippen molar-refractivity contribution in [2.24, 2.45) is 11.3 Å². The van der Waals surface area contributed by atoms with Gasteiger partial charge in [-0.15, -0.1) is 0 Å². The molecule has 1 amide bonds. The summed E-state index contributed by atoms with van der Waals surface area (Å²) >= 11 is 0. The Morgan fingerprint density at radius 2 is 1.88 bits per heavy atom. The van der Waals surface area contributed by atoms with Crippen molar-refractivity contribution >= 4 is 5.91 Å². The molecular weight excluding hydrogens is 330 g/mol. The predicted molar refractivity (Wildman–Crippen MR) is 98.6 cm³/mol. The highest BCUT2D eigenvalue weighted by atomic mass is 16.2. The van der Waals surface area contributed by atoms with E-state index in [4.69, 9.17) is 0 Å². The largest absolute Gasteiger partial charge is 0.354 e. The minimum Gasteiger partial charge on any atom is -0.354 e. The normalized spacial score (nSPS) is 24.4. The van der Waals surface area contributed by atoms with Gasteiger partial charge in [-0.3, -0.25) is 9.59 Å². The predicted octanol–water partition coefficient (Wildman–Crippen LogP) is -0.164. The van der Waals surface area contributed by atoms with Crippen LogP contribution in [-0.4, -0.2) is 48.4 Å². The second-order valence-electron chi connectivity index (χ2n) is 7.02. The summed E-state index contributed by atoms with van der Waals surface area (Å²) in [4.78, 5) is 24.8. The Kier molecular flexibility index (Phi) is 4.57. The number of nitrogens with one attached hydrogen (secondary N) is 3. The average Bonchev–Trinajstić information content (AvgIpc) is 3.25. The highest BCUT2D eigenvalue weighted by Gasteiger charge is 2.51. The molecule has 7 heteroatoms. The van der Waals surface area contributed by atoms with Gasteiger partial charge in [0.25, 0.3) is 5.56 Å². The molecule has 7 nitrogen and oxygen atoms in total.